The molecule has 2 amide bonds. The minimum Gasteiger partial charge on any atom is -0.468 e. The van der Waals surface area contributed by atoms with Gasteiger partial charge in [0, 0.05) is 31.1 Å². The van der Waals surface area contributed by atoms with E-state index in [1.54, 1.807) is 0 Å². The second kappa shape index (κ2) is 12.2. The molecule has 4 atom stereocenters. The Bertz CT molecular complexity index is 1160. The standard InChI is InChI=1S/C37H54N2O5/c1-24-37(35(42)43-2)22-30(17-33(40)38-23-36-19-26-14-27(20-36)16-28(15-26)21-36)34(41)39(13-12-25-8-4-3-5-9-25)32(37)18-31(44-24)29-10-6-7-11-29/h8,18,24,26-31H,3-7,9-17,19-23H2,1-2H3,(H,38,40)/t24-,26?,27?,28?,30+,31-,36?,37+/m1/s1. The predicted molar refractivity (Wildman–Crippen MR) is 168 cm³/mol. The molecule has 2 heterocycles. The van der Waals surface area contributed by atoms with Crippen molar-refractivity contribution in [2.45, 2.75) is 128 Å². The lowest BCUT2D eigenvalue weighted by atomic mass is 9.49. The van der Waals surface area contributed by atoms with E-state index in [1.165, 1.54) is 76.9 Å². The van der Waals surface area contributed by atoms with Crippen LogP contribution in [0.5, 0.6) is 0 Å². The lowest BCUT2D eigenvalue weighted by molar-refractivity contribution is -0.177. The van der Waals surface area contributed by atoms with Gasteiger partial charge < -0.3 is 19.7 Å². The van der Waals surface area contributed by atoms with Gasteiger partial charge in [0.1, 0.15) is 5.41 Å². The van der Waals surface area contributed by atoms with Gasteiger partial charge in [-0.3, -0.25) is 14.4 Å². The number of allylic oxidation sites excluding steroid dienone is 1. The quantitative estimate of drug-likeness (QED) is 0.240. The fourth-order valence-corrected chi connectivity index (χ4v) is 11.3. The highest BCUT2D eigenvalue weighted by Crippen LogP contribution is 2.60. The molecule has 44 heavy (non-hydrogen) atoms. The van der Waals surface area contributed by atoms with Gasteiger partial charge in [0.05, 0.1) is 19.3 Å². The third kappa shape index (κ3) is 5.58. The molecule has 8 rings (SSSR count). The molecule has 5 saturated carbocycles. The maximum absolute atomic E-state index is 14.4. The summed E-state index contributed by atoms with van der Waals surface area (Å²) in [5.41, 5.74) is 1.32. The molecule has 0 aromatic heterocycles. The third-order valence-electron chi connectivity index (χ3n) is 13.0. The Morgan fingerprint density at radius 1 is 1.02 bits per heavy atom. The topological polar surface area (TPSA) is 84.9 Å². The number of ether oxygens (including phenoxy) is 2. The van der Waals surface area contributed by atoms with Crippen LogP contribution in [-0.4, -0.2) is 55.1 Å². The lowest BCUT2D eigenvalue weighted by Gasteiger charge is -2.57. The van der Waals surface area contributed by atoms with Crippen LogP contribution in [0.25, 0.3) is 0 Å². The number of carbonyl (C=O) groups excluding carboxylic acids is 3. The van der Waals surface area contributed by atoms with E-state index in [9.17, 15) is 14.4 Å². The molecule has 0 aromatic carbocycles. The number of nitrogens with one attached hydrogen (secondary N) is 1. The van der Waals surface area contributed by atoms with Crippen LogP contribution in [0, 0.1) is 40.4 Å². The first-order valence-electron chi connectivity index (χ1n) is 18.0. The van der Waals surface area contributed by atoms with Gasteiger partial charge in [-0.25, -0.2) is 0 Å². The number of fused-ring (bicyclic) bond motifs is 1. The number of amides is 2. The minimum atomic E-state index is -1.09. The summed E-state index contributed by atoms with van der Waals surface area (Å²) in [4.78, 5) is 43.7. The molecule has 7 heteroatoms. The van der Waals surface area contributed by atoms with Gasteiger partial charge in [0.2, 0.25) is 11.8 Å². The van der Waals surface area contributed by atoms with E-state index in [0.717, 1.165) is 62.1 Å². The molecule has 1 saturated heterocycles. The van der Waals surface area contributed by atoms with Gasteiger partial charge >= 0.3 is 5.97 Å². The normalized spacial score (nSPS) is 40.0. The van der Waals surface area contributed by atoms with E-state index >= 15 is 0 Å². The summed E-state index contributed by atoms with van der Waals surface area (Å²) in [5, 5.41) is 3.31. The number of piperidine rings is 1. The summed E-state index contributed by atoms with van der Waals surface area (Å²) in [7, 11) is 1.44. The van der Waals surface area contributed by atoms with Crippen molar-refractivity contribution in [2.24, 2.45) is 40.4 Å². The van der Waals surface area contributed by atoms with Crippen LogP contribution in [0.2, 0.25) is 0 Å². The first-order valence-corrected chi connectivity index (χ1v) is 18.0. The first kappa shape index (κ1) is 30.5. The van der Waals surface area contributed by atoms with Crippen molar-refractivity contribution < 1.29 is 23.9 Å². The van der Waals surface area contributed by atoms with Gasteiger partial charge in [-0.1, -0.05) is 24.5 Å². The monoisotopic (exact) mass is 606 g/mol. The van der Waals surface area contributed by atoms with Crippen molar-refractivity contribution in [3.63, 3.8) is 0 Å². The molecular weight excluding hydrogens is 552 g/mol. The van der Waals surface area contributed by atoms with Crippen LogP contribution in [0.3, 0.4) is 0 Å². The highest BCUT2D eigenvalue weighted by Gasteiger charge is 2.60. The fourth-order valence-electron chi connectivity index (χ4n) is 11.3. The first-order chi connectivity index (χ1) is 21.3. The molecule has 2 aliphatic heterocycles. The zero-order valence-electron chi connectivity index (χ0n) is 27.1. The summed E-state index contributed by atoms with van der Waals surface area (Å²) >= 11 is 0. The molecule has 0 spiro atoms. The summed E-state index contributed by atoms with van der Waals surface area (Å²) in [5.74, 6) is 1.88. The molecule has 0 radical (unpaired) electrons. The van der Waals surface area contributed by atoms with Gasteiger partial charge in [-0.2, -0.15) is 0 Å². The number of rotatable bonds is 9. The molecule has 242 valence electrons. The second-order valence-electron chi connectivity index (χ2n) is 15.9. The number of hydrogen-bond acceptors (Lipinski definition) is 5. The van der Waals surface area contributed by atoms with Crippen molar-refractivity contribution in [3.05, 3.63) is 23.4 Å². The summed E-state index contributed by atoms with van der Waals surface area (Å²) < 4.78 is 12.1. The van der Waals surface area contributed by atoms with Crippen molar-refractivity contribution >= 4 is 17.8 Å². The van der Waals surface area contributed by atoms with Crippen molar-refractivity contribution in [1.82, 2.24) is 10.2 Å². The highest BCUT2D eigenvalue weighted by atomic mass is 16.5. The Kier molecular flexibility index (Phi) is 8.47. The van der Waals surface area contributed by atoms with E-state index < -0.39 is 17.4 Å². The SMILES string of the molecule is COC(=O)[C@]12C[C@H](CC(=O)NCC34CC5CC(CC(C5)C3)C4)C(=O)N(CCC3=CCCCC3)C1=C[C@H](C1CCCC1)O[C@@H]2C. The zero-order chi connectivity index (χ0) is 30.5. The van der Waals surface area contributed by atoms with E-state index in [1.807, 2.05) is 11.8 Å². The lowest BCUT2D eigenvalue weighted by Crippen LogP contribution is -2.61. The number of carbonyl (C=O) groups is 3. The Hall–Kier alpha value is -2.15. The molecule has 6 aliphatic carbocycles. The number of hydrogen-bond donors (Lipinski definition) is 1. The average Bonchev–Trinajstić information content (AvgIpc) is 3.55. The Morgan fingerprint density at radius 3 is 2.36 bits per heavy atom. The van der Waals surface area contributed by atoms with Crippen LogP contribution in [0.1, 0.15) is 116 Å². The molecule has 6 fully saturated rings. The zero-order valence-corrected chi connectivity index (χ0v) is 27.1. The van der Waals surface area contributed by atoms with Gasteiger partial charge in [0.25, 0.3) is 0 Å². The third-order valence-corrected chi connectivity index (χ3v) is 13.0. The van der Waals surface area contributed by atoms with E-state index in [2.05, 4.69) is 17.5 Å². The van der Waals surface area contributed by atoms with E-state index in [-0.39, 0.29) is 42.1 Å². The maximum atomic E-state index is 14.4. The molecule has 0 unspecified atom stereocenters. The molecule has 8 aliphatic rings. The number of nitrogens with zero attached hydrogens (tertiary/aromatic N) is 1. The summed E-state index contributed by atoms with van der Waals surface area (Å²) in [6.07, 6.45) is 22.1. The highest BCUT2D eigenvalue weighted by molar-refractivity contribution is 5.92. The van der Waals surface area contributed by atoms with Gasteiger partial charge in [-0.15, -0.1) is 0 Å². The largest absolute Gasteiger partial charge is 0.468 e. The molecular formula is C37H54N2O5. The Balaban J connectivity index is 1.13. The average molecular weight is 607 g/mol. The maximum Gasteiger partial charge on any atom is 0.320 e. The number of esters is 1. The van der Waals surface area contributed by atoms with E-state index in [4.69, 9.17) is 9.47 Å². The van der Waals surface area contributed by atoms with Gasteiger partial charge in [0.15, 0.2) is 0 Å². The second-order valence-corrected chi connectivity index (χ2v) is 15.9. The van der Waals surface area contributed by atoms with Crippen LogP contribution in [0.15, 0.2) is 23.4 Å². The van der Waals surface area contributed by atoms with Crippen LogP contribution in [-0.2, 0) is 23.9 Å². The Labute approximate surface area is 263 Å². The van der Waals surface area contributed by atoms with Crippen LogP contribution in [0.4, 0.5) is 0 Å². The molecule has 4 bridgehead atoms. The van der Waals surface area contributed by atoms with Crippen LogP contribution >= 0.6 is 0 Å². The van der Waals surface area contributed by atoms with Crippen molar-refractivity contribution in [3.8, 4) is 0 Å². The van der Waals surface area contributed by atoms with Crippen molar-refractivity contribution in [1.29, 1.82) is 0 Å². The van der Waals surface area contributed by atoms with Gasteiger partial charge in [-0.05, 0) is 132 Å². The smallest absolute Gasteiger partial charge is 0.320 e. The fraction of sp³-hybridized carbons (Fsp3) is 0.811. The number of methoxy groups -OCH3 is 1. The Morgan fingerprint density at radius 2 is 1.73 bits per heavy atom. The summed E-state index contributed by atoms with van der Waals surface area (Å²) in [6, 6.07) is 0. The van der Waals surface area contributed by atoms with E-state index in [0.29, 0.717) is 12.5 Å². The molecule has 1 N–H and O–H groups in total. The van der Waals surface area contributed by atoms with Crippen molar-refractivity contribution in [2.75, 3.05) is 20.2 Å². The van der Waals surface area contributed by atoms with Crippen LogP contribution < -0.4 is 5.32 Å². The predicted octanol–water partition coefficient (Wildman–Crippen LogP) is 6.47. The minimum absolute atomic E-state index is 0.0172. The summed E-state index contributed by atoms with van der Waals surface area (Å²) in [6.45, 7) is 3.24. The molecule has 7 nitrogen and oxygen atoms in total. The molecule has 0 aromatic rings. The number of likely N-dealkylation sites (tertiary alicyclic amines) is 1.